The van der Waals surface area contributed by atoms with Crippen LogP contribution in [-0.2, 0) is 9.53 Å². The van der Waals surface area contributed by atoms with Gasteiger partial charge in [0.25, 0.3) is 0 Å². The molecule has 1 heterocycles. The van der Waals surface area contributed by atoms with E-state index < -0.39 is 5.97 Å². The van der Waals surface area contributed by atoms with E-state index in [4.69, 9.17) is 9.84 Å². The van der Waals surface area contributed by atoms with Crippen molar-refractivity contribution in [2.24, 2.45) is 5.92 Å². The molecule has 82 valence electrons. The molecule has 4 heteroatoms. The van der Waals surface area contributed by atoms with Gasteiger partial charge in [0.15, 0.2) is 0 Å². The number of carboxylic acids is 1. The minimum Gasteiger partial charge on any atom is -0.481 e. The molecule has 0 radical (unpaired) electrons. The van der Waals surface area contributed by atoms with Crippen LogP contribution in [0.3, 0.4) is 0 Å². The van der Waals surface area contributed by atoms with Crippen molar-refractivity contribution in [3.8, 4) is 0 Å². The number of nitrogens with zero attached hydrogens (tertiary/aromatic N) is 1. The van der Waals surface area contributed by atoms with Crippen LogP contribution in [0.4, 0.5) is 0 Å². The number of hydrogen-bond acceptors (Lipinski definition) is 3. The fourth-order valence-corrected chi connectivity index (χ4v) is 2.03. The maximum Gasteiger partial charge on any atom is 0.305 e. The van der Waals surface area contributed by atoms with Crippen molar-refractivity contribution >= 4 is 5.97 Å². The van der Waals surface area contributed by atoms with Crippen LogP contribution in [0.25, 0.3) is 0 Å². The molecular formula is C10H19NO3. The third-order valence-corrected chi connectivity index (χ3v) is 2.86. The summed E-state index contributed by atoms with van der Waals surface area (Å²) < 4.78 is 5.51. The summed E-state index contributed by atoms with van der Waals surface area (Å²) in [5.74, 6) is -0.270. The summed E-state index contributed by atoms with van der Waals surface area (Å²) in [7, 11) is 4.06. The van der Waals surface area contributed by atoms with Crippen LogP contribution in [0, 0.1) is 5.92 Å². The quantitative estimate of drug-likeness (QED) is 0.734. The van der Waals surface area contributed by atoms with Gasteiger partial charge in [-0.1, -0.05) is 6.92 Å². The number of likely N-dealkylation sites (N-methyl/N-ethyl adjacent to an activating group) is 1. The Labute approximate surface area is 84.8 Å². The van der Waals surface area contributed by atoms with Crippen LogP contribution in [0.5, 0.6) is 0 Å². The van der Waals surface area contributed by atoms with Gasteiger partial charge in [0.2, 0.25) is 0 Å². The molecule has 4 nitrogen and oxygen atoms in total. The molecule has 0 bridgehead atoms. The van der Waals surface area contributed by atoms with Crippen molar-refractivity contribution in [2.75, 3.05) is 20.7 Å². The van der Waals surface area contributed by atoms with Crippen LogP contribution < -0.4 is 0 Å². The molecule has 0 unspecified atom stereocenters. The Kier molecular flexibility index (Phi) is 3.89. The van der Waals surface area contributed by atoms with Gasteiger partial charge in [0.1, 0.15) is 0 Å². The summed E-state index contributed by atoms with van der Waals surface area (Å²) in [5, 5.41) is 8.64. The summed E-state index contributed by atoms with van der Waals surface area (Å²) in [6.45, 7) is 2.80. The molecule has 1 aliphatic heterocycles. The Morgan fingerprint density at radius 2 is 2.21 bits per heavy atom. The fourth-order valence-electron chi connectivity index (χ4n) is 2.03. The lowest BCUT2D eigenvalue weighted by Crippen LogP contribution is -2.45. The average molecular weight is 201 g/mol. The molecule has 0 amide bonds. The first-order valence-corrected chi connectivity index (χ1v) is 5.00. The first kappa shape index (κ1) is 11.5. The highest BCUT2D eigenvalue weighted by atomic mass is 16.5. The van der Waals surface area contributed by atoms with Gasteiger partial charge in [-0.15, -0.1) is 0 Å². The largest absolute Gasteiger partial charge is 0.481 e. The SMILES string of the molecule is C[C@@H]1C[C@H](CC(=O)O)OC[C@@H]1N(C)C. The van der Waals surface area contributed by atoms with E-state index >= 15 is 0 Å². The normalized spacial score (nSPS) is 33.3. The lowest BCUT2D eigenvalue weighted by molar-refractivity contribution is -0.143. The summed E-state index contributed by atoms with van der Waals surface area (Å²) in [5.41, 5.74) is 0. The van der Waals surface area contributed by atoms with Gasteiger partial charge in [0, 0.05) is 6.04 Å². The van der Waals surface area contributed by atoms with Gasteiger partial charge in [-0.25, -0.2) is 0 Å². The summed E-state index contributed by atoms with van der Waals surface area (Å²) in [4.78, 5) is 12.6. The maximum atomic E-state index is 10.5. The molecule has 1 aliphatic rings. The Morgan fingerprint density at radius 1 is 1.57 bits per heavy atom. The smallest absolute Gasteiger partial charge is 0.305 e. The van der Waals surface area contributed by atoms with Gasteiger partial charge in [-0.2, -0.15) is 0 Å². The van der Waals surface area contributed by atoms with E-state index in [1.165, 1.54) is 0 Å². The van der Waals surface area contributed by atoms with E-state index in [-0.39, 0.29) is 12.5 Å². The Bertz CT molecular complexity index is 206. The van der Waals surface area contributed by atoms with Gasteiger partial charge < -0.3 is 14.7 Å². The van der Waals surface area contributed by atoms with Gasteiger partial charge >= 0.3 is 5.97 Å². The zero-order valence-corrected chi connectivity index (χ0v) is 9.06. The van der Waals surface area contributed by atoms with Crippen molar-refractivity contribution in [2.45, 2.75) is 31.9 Å². The Hall–Kier alpha value is -0.610. The molecule has 3 atom stereocenters. The number of rotatable bonds is 3. The number of carbonyl (C=O) groups is 1. The van der Waals surface area contributed by atoms with Crippen molar-refractivity contribution < 1.29 is 14.6 Å². The second kappa shape index (κ2) is 4.75. The zero-order chi connectivity index (χ0) is 10.7. The van der Waals surface area contributed by atoms with Crippen LogP contribution in [0.15, 0.2) is 0 Å². The molecule has 1 rings (SSSR count). The predicted octanol–water partition coefficient (Wildman–Crippen LogP) is 0.816. The second-order valence-corrected chi connectivity index (χ2v) is 4.30. The standard InChI is InChI=1S/C10H19NO3/c1-7-4-8(5-10(12)13)14-6-9(7)11(2)3/h7-9H,4-6H2,1-3H3,(H,12,13)/t7-,8-,9+/m1/s1. The molecule has 0 aromatic heterocycles. The summed E-state index contributed by atoms with van der Waals surface area (Å²) in [6.07, 6.45) is 0.873. The lowest BCUT2D eigenvalue weighted by Gasteiger charge is -2.37. The average Bonchev–Trinajstić information content (AvgIpc) is 2.01. The van der Waals surface area contributed by atoms with Crippen molar-refractivity contribution in [3.63, 3.8) is 0 Å². The van der Waals surface area contributed by atoms with Crippen molar-refractivity contribution in [3.05, 3.63) is 0 Å². The highest BCUT2D eigenvalue weighted by Gasteiger charge is 2.30. The molecule has 14 heavy (non-hydrogen) atoms. The van der Waals surface area contributed by atoms with Crippen LogP contribution in [0.2, 0.25) is 0 Å². The first-order chi connectivity index (χ1) is 6.50. The van der Waals surface area contributed by atoms with E-state index in [9.17, 15) is 4.79 Å². The molecule has 0 aromatic rings. The molecule has 0 aromatic carbocycles. The van der Waals surface area contributed by atoms with Gasteiger partial charge in [-0.3, -0.25) is 4.79 Å². The lowest BCUT2D eigenvalue weighted by atomic mass is 9.91. The zero-order valence-electron chi connectivity index (χ0n) is 9.06. The molecule has 1 N–H and O–H groups in total. The highest BCUT2D eigenvalue weighted by Crippen LogP contribution is 2.24. The van der Waals surface area contributed by atoms with Crippen LogP contribution in [-0.4, -0.2) is 48.8 Å². The topological polar surface area (TPSA) is 49.8 Å². The maximum absolute atomic E-state index is 10.5. The minimum absolute atomic E-state index is 0.0984. The third kappa shape index (κ3) is 2.96. The van der Waals surface area contributed by atoms with Crippen molar-refractivity contribution in [1.82, 2.24) is 4.90 Å². The van der Waals surface area contributed by atoms with E-state index in [0.29, 0.717) is 18.6 Å². The first-order valence-electron chi connectivity index (χ1n) is 5.00. The Balaban J connectivity index is 2.42. The van der Waals surface area contributed by atoms with Crippen LogP contribution >= 0.6 is 0 Å². The summed E-state index contributed by atoms with van der Waals surface area (Å²) in [6, 6.07) is 0.417. The van der Waals surface area contributed by atoms with E-state index in [1.54, 1.807) is 0 Å². The number of carboxylic acid groups (broad SMARTS) is 1. The number of aliphatic carboxylic acids is 1. The highest BCUT2D eigenvalue weighted by molar-refractivity contribution is 5.67. The monoisotopic (exact) mass is 201 g/mol. The molecular weight excluding hydrogens is 182 g/mol. The predicted molar refractivity (Wildman–Crippen MR) is 53.2 cm³/mol. The van der Waals surface area contributed by atoms with E-state index in [1.807, 2.05) is 14.1 Å². The molecule has 0 saturated carbocycles. The number of ether oxygens (including phenoxy) is 1. The van der Waals surface area contributed by atoms with Gasteiger partial charge in [0.05, 0.1) is 19.1 Å². The summed E-state index contributed by atoms with van der Waals surface area (Å²) >= 11 is 0. The number of hydrogen-bond donors (Lipinski definition) is 1. The fraction of sp³-hybridized carbons (Fsp3) is 0.900. The molecule has 1 saturated heterocycles. The Morgan fingerprint density at radius 3 is 2.64 bits per heavy atom. The van der Waals surface area contributed by atoms with E-state index in [0.717, 1.165) is 6.42 Å². The van der Waals surface area contributed by atoms with Crippen molar-refractivity contribution in [1.29, 1.82) is 0 Å². The van der Waals surface area contributed by atoms with E-state index in [2.05, 4.69) is 11.8 Å². The van der Waals surface area contributed by atoms with Crippen LogP contribution in [0.1, 0.15) is 19.8 Å². The molecule has 0 spiro atoms. The second-order valence-electron chi connectivity index (χ2n) is 4.30. The van der Waals surface area contributed by atoms with Gasteiger partial charge in [-0.05, 0) is 26.4 Å². The minimum atomic E-state index is -0.773. The molecule has 0 aliphatic carbocycles. The molecule has 1 fully saturated rings. The third-order valence-electron chi connectivity index (χ3n) is 2.86.